The van der Waals surface area contributed by atoms with Gasteiger partial charge in [0, 0.05) is 17.2 Å². The maximum Gasteiger partial charge on any atom is 0.225 e. The first kappa shape index (κ1) is 18.9. The second kappa shape index (κ2) is 8.29. The van der Waals surface area contributed by atoms with Crippen LogP contribution in [0.3, 0.4) is 0 Å². The number of ether oxygens (including phenoxy) is 1. The molecular formula is C17H19ClN8OS. The molecule has 1 saturated heterocycles. The van der Waals surface area contributed by atoms with E-state index in [-0.39, 0.29) is 18.0 Å². The lowest BCUT2D eigenvalue weighted by Crippen LogP contribution is -2.16. The van der Waals surface area contributed by atoms with Gasteiger partial charge in [0.15, 0.2) is 11.0 Å². The highest BCUT2D eigenvalue weighted by atomic mass is 35.5. The molecule has 11 heteroatoms. The Morgan fingerprint density at radius 3 is 2.54 bits per heavy atom. The van der Waals surface area contributed by atoms with E-state index < -0.39 is 0 Å². The van der Waals surface area contributed by atoms with Crippen molar-refractivity contribution in [2.24, 2.45) is 0 Å². The summed E-state index contributed by atoms with van der Waals surface area (Å²) in [6.07, 6.45) is 2.22. The monoisotopic (exact) mass is 418 g/mol. The topological polar surface area (TPSA) is 131 Å². The van der Waals surface area contributed by atoms with E-state index in [0.29, 0.717) is 23.1 Å². The van der Waals surface area contributed by atoms with Gasteiger partial charge in [0.25, 0.3) is 0 Å². The Kier molecular flexibility index (Phi) is 5.60. The third kappa shape index (κ3) is 4.34. The van der Waals surface area contributed by atoms with E-state index in [9.17, 15) is 0 Å². The van der Waals surface area contributed by atoms with Crippen molar-refractivity contribution in [2.75, 3.05) is 18.1 Å². The van der Waals surface area contributed by atoms with Crippen LogP contribution in [0.1, 0.15) is 18.7 Å². The predicted octanol–water partition coefficient (Wildman–Crippen LogP) is 2.42. The third-order valence-electron chi connectivity index (χ3n) is 4.28. The normalized spacial score (nSPS) is 16.5. The fourth-order valence-electron chi connectivity index (χ4n) is 3.02. The fourth-order valence-corrected chi connectivity index (χ4v) is 3.94. The molecule has 146 valence electrons. The van der Waals surface area contributed by atoms with Gasteiger partial charge in [-0.05, 0) is 37.1 Å². The second-order valence-electron chi connectivity index (χ2n) is 6.32. The summed E-state index contributed by atoms with van der Waals surface area (Å²) >= 11 is 7.48. The summed E-state index contributed by atoms with van der Waals surface area (Å²) in [5.41, 5.74) is 12.2. The first-order valence-corrected chi connectivity index (χ1v) is 10.1. The van der Waals surface area contributed by atoms with E-state index in [4.69, 9.17) is 27.8 Å². The van der Waals surface area contributed by atoms with Crippen LogP contribution in [-0.4, -0.2) is 42.4 Å². The van der Waals surface area contributed by atoms with Gasteiger partial charge >= 0.3 is 0 Å². The molecule has 1 aliphatic heterocycles. The first-order chi connectivity index (χ1) is 13.6. The van der Waals surface area contributed by atoms with Crippen molar-refractivity contribution in [1.82, 2.24) is 29.7 Å². The Morgan fingerprint density at radius 2 is 1.86 bits per heavy atom. The maximum absolute atomic E-state index is 6.02. The molecule has 3 aromatic rings. The molecule has 0 unspecified atom stereocenters. The number of hydrogen-bond donors (Lipinski definition) is 2. The van der Waals surface area contributed by atoms with Crippen LogP contribution < -0.4 is 11.5 Å². The first-order valence-electron chi connectivity index (χ1n) is 8.78. The number of nitrogens with zero attached hydrogens (tertiary/aromatic N) is 6. The molecule has 9 nitrogen and oxygen atoms in total. The van der Waals surface area contributed by atoms with E-state index in [1.807, 2.05) is 24.3 Å². The predicted molar refractivity (Wildman–Crippen MR) is 108 cm³/mol. The highest BCUT2D eigenvalue weighted by Crippen LogP contribution is 2.28. The van der Waals surface area contributed by atoms with Gasteiger partial charge < -0.3 is 16.2 Å². The summed E-state index contributed by atoms with van der Waals surface area (Å²) in [6, 6.07) is 7.54. The molecule has 2 aromatic heterocycles. The van der Waals surface area contributed by atoms with Gasteiger partial charge in [0.1, 0.15) is 5.82 Å². The quantitative estimate of drug-likeness (QED) is 0.579. The molecule has 0 saturated carbocycles. The summed E-state index contributed by atoms with van der Waals surface area (Å²) < 4.78 is 7.88. The van der Waals surface area contributed by atoms with Gasteiger partial charge in [-0.1, -0.05) is 23.4 Å². The standard InChI is InChI=1S/C17H19ClN8OS/c18-11-5-3-10(4-6-11)14-24-25-17(26(14)8-12-2-1-7-27-12)28-9-13-21-15(19)23-16(20)22-13/h3-6,12H,1-2,7-9H2,(H4,19,20,21,22,23)/t12-/m0/s1. The van der Waals surface area contributed by atoms with Crippen molar-refractivity contribution in [2.45, 2.75) is 36.4 Å². The molecule has 1 fully saturated rings. The van der Waals surface area contributed by atoms with Crippen molar-refractivity contribution < 1.29 is 4.74 Å². The number of halogens is 1. The Labute approximate surface area is 170 Å². The Bertz CT molecular complexity index is 938. The van der Waals surface area contributed by atoms with E-state index >= 15 is 0 Å². The zero-order valence-electron chi connectivity index (χ0n) is 15.0. The van der Waals surface area contributed by atoms with Gasteiger partial charge in [0.2, 0.25) is 11.9 Å². The highest BCUT2D eigenvalue weighted by Gasteiger charge is 2.22. The fraction of sp³-hybridized carbons (Fsp3) is 0.353. The molecule has 1 aliphatic rings. The number of hydrogen-bond acceptors (Lipinski definition) is 9. The molecule has 4 rings (SSSR count). The Balaban J connectivity index is 1.61. The molecule has 28 heavy (non-hydrogen) atoms. The minimum atomic E-state index is 0.103. The van der Waals surface area contributed by atoms with Crippen LogP contribution in [0.5, 0.6) is 0 Å². The Hall–Kier alpha value is -2.43. The number of rotatable bonds is 6. The molecule has 0 amide bonds. The number of nitrogens with two attached hydrogens (primary N) is 2. The van der Waals surface area contributed by atoms with Crippen LogP contribution in [0.2, 0.25) is 5.02 Å². The molecule has 0 aliphatic carbocycles. The van der Waals surface area contributed by atoms with Crippen molar-refractivity contribution in [3.63, 3.8) is 0 Å². The molecule has 3 heterocycles. The van der Waals surface area contributed by atoms with Crippen LogP contribution in [-0.2, 0) is 17.0 Å². The third-order valence-corrected chi connectivity index (χ3v) is 5.49. The molecule has 1 atom stereocenters. The van der Waals surface area contributed by atoms with Gasteiger partial charge in [-0.2, -0.15) is 15.0 Å². The summed E-state index contributed by atoms with van der Waals surface area (Å²) in [5, 5.41) is 10.2. The minimum Gasteiger partial charge on any atom is -0.376 e. The highest BCUT2D eigenvalue weighted by molar-refractivity contribution is 7.98. The van der Waals surface area contributed by atoms with Gasteiger partial charge in [-0.15, -0.1) is 10.2 Å². The van der Waals surface area contributed by atoms with Crippen molar-refractivity contribution >= 4 is 35.3 Å². The van der Waals surface area contributed by atoms with Crippen LogP contribution in [0, 0.1) is 0 Å². The molecule has 4 N–H and O–H groups in total. The minimum absolute atomic E-state index is 0.103. The number of aromatic nitrogens is 6. The van der Waals surface area contributed by atoms with E-state index in [1.165, 1.54) is 11.8 Å². The van der Waals surface area contributed by atoms with Crippen molar-refractivity contribution in [1.29, 1.82) is 0 Å². The van der Waals surface area contributed by atoms with Crippen molar-refractivity contribution in [3.8, 4) is 11.4 Å². The largest absolute Gasteiger partial charge is 0.376 e. The van der Waals surface area contributed by atoms with E-state index in [2.05, 4.69) is 29.7 Å². The Morgan fingerprint density at radius 1 is 1.11 bits per heavy atom. The zero-order valence-corrected chi connectivity index (χ0v) is 16.5. The van der Waals surface area contributed by atoms with Gasteiger partial charge in [-0.25, -0.2) is 0 Å². The maximum atomic E-state index is 6.02. The summed E-state index contributed by atoms with van der Waals surface area (Å²) in [7, 11) is 0. The lowest BCUT2D eigenvalue weighted by Gasteiger charge is -2.14. The molecular weight excluding hydrogens is 400 g/mol. The smallest absolute Gasteiger partial charge is 0.225 e. The summed E-state index contributed by atoms with van der Waals surface area (Å²) in [6.45, 7) is 1.46. The summed E-state index contributed by atoms with van der Waals surface area (Å²) in [5.74, 6) is 1.91. The van der Waals surface area contributed by atoms with Crippen LogP contribution >= 0.6 is 23.4 Å². The number of thioether (sulfide) groups is 1. The molecule has 1 aromatic carbocycles. The lowest BCUT2D eigenvalue weighted by molar-refractivity contribution is 0.0953. The van der Waals surface area contributed by atoms with E-state index in [1.54, 1.807) is 0 Å². The van der Waals surface area contributed by atoms with Gasteiger partial charge in [0.05, 0.1) is 18.4 Å². The average molecular weight is 419 g/mol. The summed E-state index contributed by atoms with van der Waals surface area (Å²) in [4.78, 5) is 12.0. The number of nitrogen functional groups attached to an aromatic ring is 2. The lowest BCUT2D eigenvalue weighted by atomic mass is 10.2. The molecule has 0 spiro atoms. The number of anilines is 2. The average Bonchev–Trinajstić information content (AvgIpc) is 3.31. The van der Waals surface area contributed by atoms with Gasteiger partial charge in [-0.3, -0.25) is 4.57 Å². The number of benzene rings is 1. The van der Waals surface area contributed by atoms with E-state index in [0.717, 1.165) is 36.0 Å². The molecule has 0 bridgehead atoms. The second-order valence-corrected chi connectivity index (χ2v) is 7.69. The molecule has 0 radical (unpaired) electrons. The van der Waals surface area contributed by atoms with Crippen molar-refractivity contribution in [3.05, 3.63) is 35.1 Å². The van der Waals surface area contributed by atoms with Crippen LogP contribution in [0.4, 0.5) is 11.9 Å². The SMILES string of the molecule is Nc1nc(N)nc(CSc2nnc(-c3ccc(Cl)cc3)n2C[C@@H]2CCCO2)n1. The van der Waals surface area contributed by atoms with Crippen LogP contribution in [0.15, 0.2) is 29.4 Å². The van der Waals surface area contributed by atoms with Crippen LogP contribution in [0.25, 0.3) is 11.4 Å². The zero-order chi connectivity index (χ0) is 19.5.